The summed E-state index contributed by atoms with van der Waals surface area (Å²) in [5.41, 5.74) is 7.81. The van der Waals surface area contributed by atoms with E-state index in [4.69, 9.17) is 5.73 Å². The van der Waals surface area contributed by atoms with Crippen LogP contribution in [-0.4, -0.2) is 19.7 Å². The van der Waals surface area contributed by atoms with Gasteiger partial charge in [0.15, 0.2) is 5.65 Å². The number of nitrogen functional groups attached to an aromatic ring is 1. The monoisotopic (exact) mass is 233 g/mol. The fourth-order valence-corrected chi connectivity index (χ4v) is 1.96. The van der Waals surface area contributed by atoms with E-state index in [0.29, 0.717) is 11.9 Å². The van der Waals surface area contributed by atoms with Crippen LogP contribution in [0.15, 0.2) is 6.33 Å². The molecule has 2 aromatic rings. The normalized spacial score (nSPS) is 13.1. The number of nitrogens with zero attached hydrogens (tertiary/aromatic N) is 4. The second kappa shape index (κ2) is 4.69. The fourth-order valence-electron chi connectivity index (χ4n) is 1.96. The maximum absolute atomic E-state index is 5.94. The number of aryl methyl sites for hydroxylation is 1. The molecule has 17 heavy (non-hydrogen) atoms. The largest absolute Gasteiger partial charge is 0.383 e. The van der Waals surface area contributed by atoms with E-state index >= 15 is 0 Å². The van der Waals surface area contributed by atoms with Crippen LogP contribution in [0, 0.1) is 0 Å². The van der Waals surface area contributed by atoms with Crippen LogP contribution in [-0.2, 0) is 6.42 Å². The van der Waals surface area contributed by atoms with Gasteiger partial charge in [0, 0.05) is 0 Å². The number of nitrogens with two attached hydrogens (primary N) is 1. The molecular weight excluding hydrogens is 214 g/mol. The van der Waals surface area contributed by atoms with Crippen LogP contribution in [0.1, 0.15) is 45.3 Å². The number of fused-ring (bicyclic) bond motifs is 1. The number of hydrogen-bond donors (Lipinski definition) is 1. The van der Waals surface area contributed by atoms with Gasteiger partial charge < -0.3 is 5.73 Å². The van der Waals surface area contributed by atoms with Crippen molar-refractivity contribution in [2.24, 2.45) is 0 Å². The maximum atomic E-state index is 5.94. The van der Waals surface area contributed by atoms with Gasteiger partial charge in [0.1, 0.15) is 12.1 Å². The van der Waals surface area contributed by atoms with Gasteiger partial charge in [-0.25, -0.2) is 14.6 Å². The Morgan fingerprint density at radius 2 is 2.12 bits per heavy atom. The topological polar surface area (TPSA) is 69.6 Å². The molecule has 0 amide bonds. The van der Waals surface area contributed by atoms with Gasteiger partial charge in [-0.15, -0.1) is 0 Å². The lowest BCUT2D eigenvalue weighted by atomic mass is 10.2. The molecule has 2 N–H and O–H groups in total. The van der Waals surface area contributed by atoms with Crippen molar-refractivity contribution in [3.63, 3.8) is 0 Å². The zero-order chi connectivity index (χ0) is 12.4. The van der Waals surface area contributed by atoms with Gasteiger partial charge in [-0.2, -0.15) is 5.10 Å². The van der Waals surface area contributed by atoms with Gasteiger partial charge in [-0.3, -0.25) is 0 Å². The van der Waals surface area contributed by atoms with Crippen molar-refractivity contribution in [3.05, 3.63) is 12.0 Å². The third-order valence-electron chi connectivity index (χ3n) is 3.09. The SMILES string of the molecule is CCCc1nn(C(C)CC)c2ncnc(N)c12. The average molecular weight is 233 g/mol. The van der Waals surface area contributed by atoms with E-state index in [9.17, 15) is 0 Å². The van der Waals surface area contributed by atoms with E-state index in [0.717, 1.165) is 36.0 Å². The standard InChI is InChI=1S/C12H19N5/c1-4-6-9-10-11(13)14-7-15-12(10)17(16-9)8(3)5-2/h7-8H,4-6H2,1-3H3,(H2,13,14,15). The van der Waals surface area contributed by atoms with Crippen LogP contribution in [0.5, 0.6) is 0 Å². The van der Waals surface area contributed by atoms with E-state index in [1.54, 1.807) is 0 Å². The van der Waals surface area contributed by atoms with E-state index in [1.165, 1.54) is 6.33 Å². The lowest BCUT2D eigenvalue weighted by Gasteiger charge is -2.09. The number of hydrogen-bond acceptors (Lipinski definition) is 4. The zero-order valence-electron chi connectivity index (χ0n) is 10.6. The number of anilines is 1. The van der Waals surface area contributed by atoms with Crippen molar-refractivity contribution in [3.8, 4) is 0 Å². The molecule has 2 aromatic heterocycles. The van der Waals surface area contributed by atoms with Gasteiger partial charge in [0.2, 0.25) is 0 Å². The molecule has 5 nitrogen and oxygen atoms in total. The Labute approximate surface area is 101 Å². The van der Waals surface area contributed by atoms with Crippen molar-refractivity contribution in [2.75, 3.05) is 5.73 Å². The lowest BCUT2D eigenvalue weighted by Crippen LogP contribution is -2.07. The summed E-state index contributed by atoms with van der Waals surface area (Å²) in [4.78, 5) is 8.39. The molecule has 0 bridgehead atoms. The third kappa shape index (κ3) is 1.97. The molecule has 2 rings (SSSR count). The Morgan fingerprint density at radius 1 is 1.35 bits per heavy atom. The summed E-state index contributed by atoms with van der Waals surface area (Å²) in [6, 6.07) is 0.331. The Hall–Kier alpha value is -1.65. The summed E-state index contributed by atoms with van der Waals surface area (Å²) >= 11 is 0. The first-order valence-electron chi connectivity index (χ1n) is 6.16. The van der Waals surface area contributed by atoms with Crippen LogP contribution in [0.3, 0.4) is 0 Å². The second-order valence-electron chi connectivity index (χ2n) is 4.36. The Balaban J connectivity index is 2.66. The smallest absolute Gasteiger partial charge is 0.163 e. The molecule has 0 aromatic carbocycles. The molecule has 0 radical (unpaired) electrons. The van der Waals surface area contributed by atoms with Gasteiger partial charge in [0.25, 0.3) is 0 Å². The fraction of sp³-hybridized carbons (Fsp3) is 0.583. The highest BCUT2D eigenvalue weighted by molar-refractivity contribution is 5.88. The van der Waals surface area contributed by atoms with Gasteiger partial charge in [-0.1, -0.05) is 20.3 Å². The molecule has 2 heterocycles. The minimum absolute atomic E-state index is 0.331. The molecule has 0 spiro atoms. The van der Waals surface area contributed by atoms with Crippen molar-refractivity contribution < 1.29 is 0 Å². The van der Waals surface area contributed by atoms with Crippen LogP contribution < -0.4 is 5.73 Å². The molecular formula is C12H19N5. The van der Waals surface area contributed by atoms with E-state index in [2.05, 4.69) is 35.8 Å². The molecule has 1 unspecified atom stereocenters. The molecule has 0 aliphatic carbocycles. The van der Waals surface area contributed by atoms with Crippen molar-refractivity contribution in [2.45, 2.75) is 46.1 Å². The molecule has 0 aliphatic rings. The first-order valence-corrected chi connectivity index (χ1v) is 6.16. The van der Waals surface area contributed by atoms with Gasteiger partial charge >= 0.3 is 0 Å². The minimum atomic E-state index is 0.331. The Bertz CT molecular complexity index is 517. The molecule has 92 valence electrons. The molecule has 5 heteroatoms. The molecule has 1 atom stereocenters. The predicted molar refractivity (Wildman–Crippen MR) is 68.7 cm³/mol. The predicted octanol–water partition coefficient (Wildman–Crippen LogP) is 2.33. The summed E-state index contributed by atoms with van der Waals surface area (Å²) < 4.78 is 1.97. The van der Waals surface area contributed by atoms with Gasteiger partial charge in [0.05, 0.1) is 17.1 Å². The summed E-state index contributed by atoms with van der Waals surface area (Å²) in [7, 11) is 0. The Morgan fingerprint density at radius 3 is 2.76 bits per heavy atom. The highest BCUT2D eigenvalue weighted by atomic mass is 15.3. The average Bonchev–Trinajstić information content (AvgIpc) is 2.69. The molecule has 0 fully saturated rings. The first kappa shape index (κ1) is 11.8. The summed E-state index contributed by atoms with van der Waals surface area (Å²) in [5, 5.41) is 5.57. The lowest BCUT2D eigenvalue weighted by molar-refractivity contribution is 0.484. The van der Waals surface area contributed by atoms with Crippen LogP contribution in [0.25, 0.3) is 11.0 Å². The van der Waals surface area contributed by atoms with Crippen molar-refractivity contribution >= 4 is 16.9 Å². The minimum Gasteiger partial charge on any atom is -0.383 e. The zero-order valence-corrected chi connectivity index (χ0v) is 10.6. The van der Waals surface area contributed by atoms with Gasteiger partial charge in [-0.05, 0) is 19.8 Å². The molecule has 0 saturated carbocycles. The highest BCUT2D eigenvalue weighted by Crippen LogP contribution is 2.25. The van der Waals surface area contributed by atoms with E-state index in [-0.39, 0.29) is 0 Å². The first-order chi connectivity index (χ1) is 8.19. The number of rotatable bonds is 4. The number of aromatic nitrogens is 4. The molecule has 0 saturated heterocycles. The third-order valence-corrected chi connectivity index (χ3v) is 3.09. The Kier molecular flexibility index (Phi) is 3.26. The maximum Gasteiger partial charge on any atom is 0.163 e. The summed E-state index contributed by atoms with van der Waals surface area (Å²) in [6.07, 6.45) is 4.48. The van der Waals surface area contributed by atoms with E-state index < -0.39 is 0 Å². The summed E-state index contributed by atoms with van der Waals surface area (Å²) in [6.45, 7) is 6.41. The van der Waals surface area contributed by atoms with Crippen molar-refractivity contribution in [1.29, 1.82) is 0 Å². The second-order valence-corrected chi connectivity index (χ2v) is 4.36. The van der Waals surface area contributed by atoms with Crippen LogP contribution in [0.4, 0.5) is 5.82 Å². The van der Waals surface area contributed by atoms with Crippen LogP contribution in [0.2, 0.25) is 0 Å². The molecule has 0 aliphatic heterocycles. The van der Waals surface area contributed by atoms with E-state index in [1.807, 2.05) is 4.68 Å². The highest BCUT2D eigenvalue weighted by Gasteiger charge is 2.17. The quantitative estimate of drug-likeness (QED) is 0.879. The summed E-state index contributed by atoms with van der Waals surface area (Å²) in [5.74, 6) is 0.535. The van der Waals surface area contributed by atoms with Crippen molar-refractivity contribution in [1.82, 2.24) is 19.7 Å². The van der Waals surface area contributed by atoms with Crippen LogP contribution >= 0.6 is 0 Å².